The normalized spacial score (nSPS) is 20.6. The van der Waals surface area contributed by atoms with Crippen molar-refractivity contribution < 1.29 is 26.3 Å². The van der Waals surface area contributed by atoms with Gasteiger partial charge in [-0.05, 0) is 43.7 Å². The van der Waals surface area contributed by atoms with Crippen molar-refractivity contribution in [3.8, 4) is 5.75 Å². The number of hydrogen-bond acceptors (Lipinski definition) is 4. The van der Waals surface area contributed by atoms with E-state index in [1.807, 2.05) is 0 Å². The number of piperidine rings is 1. The largest absolute Gasteiger partial charge is 0.501 e. The zero-order valence-electron chi connectivity index (χ0n) is 10.5. The van der Waals surface area contributed by atoms with Crippen molar-refractivity contribution in [2.24, 2.45) is 0 Å². The van der Waals surface area contributed by atoms with Crippen LogP contribution in [0.2, 0.25) is 0 Å². The first-order chi connectivity index (χ1) is 9.30. The third-order valence-corrected chi connectivity index (χ3v) is 4.50. The highest BCUT2D eigenvalue weighted by atomic mass is 32.2. The van der Waals surface area contributed by atoms with Gasteiger partial charge in [0.2, 0.25) is 0 Å². The van der Waals surface area contributed by atoms with Gasteiger partial charge in [-0.25, -0.2) is 8.42 Å². The molecule has 1 aliphatic heterocycles. The van der Waals surface area contributed by atoms with Crippen LogP contribution in [0, 0.1) is 0 Å². The number of nitrogens with one attached hydrogen (secondary N) is 1. The number of rotatable bonds is 3. The van der Waals surface area contributed by atoms with Crippen LogP contribution in [0.4, 0.5) is 13.2 Å². The van der Waals surface area contributed by atoms with E-state index in [2.05, 4.69) is 5.32 Å². The molecule has 0 aliphatic carbocycles. The molecule has 1 aromatic rings. The Labute approximate surface area is 114 Å². The molecule has 1 saturated heterocycles. The summed E-state index contributed by atoms with van der Waals surface area (Å²) in [6.45, 7) is 1.59. The second kappa shape index (κ2) is 5.61. The topological polar surface area (TPSA) is 55.4 Å². The van der Waals surface area contributed by atoms with E-state index in [4.69, 9.17) is 4.74 Å². The van der Waals surface area contributed by atoms with Gasteiger partial charge >= 0.3 is 5.51 Å². The lowest BCUT2D eigenvalue weighted by Gasteiger charge is -2.24. The predicted molar refractivity (Wildman–Crippen MR) is 66.2 cm³/mol. The summed E-state index contributed by atoms with van der Waals surface area (Å²) in [4.78, 5) is -0.779. The molecule has 0 radical (unpaired) electrons. The molecule has 0 aromatic heterocycles. The SMILES string of the molecule is O=S(=O)(c1ccc(O[C@H]2CCCNC2)cc1)C(F)(F)F. The fraction of sp³-hybridized carbons (Fsp3) is 0.500. The molecule has 0 spiro atoms. The number of sulfone groups is 1. The van der Waals surface area contributed by atoms with Crippen molar-refractivity contribution in [1.82, 2.24) is 5.32 Å². The van der Waals surface area contributed by atoms with Gasteiger partial charge in [-0.3, -0.25) is 0 Å². The Kier molecular flexibility index (Phi) is 4.24. The van der Waals surface area contributed by atoms with E-state index in [0.717, 1.165) is 31.5 Å². The lowest BCUT2D eigenvalue weighted by atomic mass is 10.1. The van der Waals surface area contributed by atoms with Crippen molar-refractivity contribution in [2.75, 3.05) is 13.1 Å². The van der Waals surface area contributed by atoms with Crippen LogP contribution in [-0.4, -0.2) is 33.1 Å². The monoisotopic (exact) mass is 309 g/mol. The summed E-state index contributed by atoms with van der Waals surface area (Å²) in [6, 6.07) is 4.31. The molecule has 20 heavy (non-hydrogen) atoms. The van der Waals surface area contributed by atoms with Crippen molar-refractivity contribution in [3.05, 3.63) is 24.3 Å². The summed E-state index contributed by atoms with van der Waals surface area (Å²) in [5.41, 5.74) is -5.29. The van der Waals surface area contributed by atoms with Gasteiger partial charge in [0.05, 0.1) is 4.90 Å². The lowest BCUT2D eigenvalue weighted by molar-refractivity contribution is -0.0436. The Bertz CT molecular complexity index is 548. The highest BCUT2D eigenvalue weighted by Gasteiger charge is 2.46. The molecule has 112 valence electrons. The van der Waals surface area contributed by atoms with Crippen molar-refractivity contribution in [3.63, 3.8) is 0 Å². The molecule has 1 aliphatic rings. The maximum atomic E-state index is 12.4. The third kappa shape index (κ3) is 3.24. The minimum absolute atomic E-state index is 0.0474. The second-order valence-corrected chi connectivity index (χ2v) is 6.45. The molecule has 0 amide bonds. The van der Waals surface area contributed by atoms with Gasteiger partial charge in [-0.2, -0.15) is 13.2 Å². The first-order valence-electron chi connectivity index (χ1n) is 6.09. The summed E-state index contributed by atoms with van der Waals surface area (Å²) < 4.78 is 65.0. The molecule has 4 nitrogen and oxygen atoms in total. The lowest BCUT2D eigenvalue weighted by Crippen LogP contribution is -2.37. The number of benzene rings is 1. The number of hydrogen-bond donors (Lipinski definition) is 1. The second-order valence-electron chi connectivity index (χ2n) is 4.51. The van der Waals surface area contributed by atoms with Crippen LogP contribution in [0.25, 0.3) is 0 Å². The summed E-state index contributed by atoms with van der Waals surface area (Å²) >= 11 is 0. The summed E-state index contributed by atoms with van der Waals surface area (Å²) in [5.74, 6) is 0.361. The zero-order valence-corrected chi connectivity index (χ0v) is 11.3. The van der Waals surface area contributed by atoms with E-state index in [9.17, 15) is 21.6 Å². The van der Waals surface area contributed by atoms with Gasteiger partial charge in [0, 0.05) is 6.54 Å². The molecule has 8 heteroatoms. The fourth-order valence-corrected chi connectivity index (χ4v) is 2.71. The maximum absolute atomic E-state index is 12.4. The molecule has 2 rings (SSSR count). The Hall–Kier alpha value is -1.28. The van der Waals surface area contributed by atoms with Crippen LogP contribution >= 0.6 is 0 Å². The average Bonchev–Trinajstić information content (AvgIpc) is 2.39. The van der Waals surface area contributed by atoms with E-state index in [-0.39, 0.29) is 6.10 Å². The van der Waals surface area contributed by atoms with Crippen molar-refractivity contribution in [2.45, 2.75) is 29.3 Å². The molecule has 0 bridgehead atoms. The maximum Gasteiger partial charge on any atom is 0.501 e. The third-order valence-electron chi connectivity index (χ3n) is 2.99. The van der Waals surface area contributed by atoms with Crippen LogP contribution in [0.15, 0.2) is 29.2 Å². The van der Waals surface area contributed by atoms with Crippen molar-refractivity contribution in [1.29, 1.82) is 0 Å². The summed E-state index contributed by atoms with van der Waals surface area (Å²) in [6.07, 6.45) is 1.77. The minimum atomic E-state index is -5.29. The Morgan fingerprint density at radius 3 is 2.35 bits per heavy atom. The Morgan fingerprint density at radius 2 is 1.85 bits per heavy atom. The minimum Gasteiger partial charge on any atom is -0.489 e. The van der Waals surface area contributed by atoms with Crippen LogP contribution in [0.1, 0.15) is 12.8 Å². The molecule has 1 fully saturated rings. The van der Waals surface area contributed by atoms with Gasteiger partial charge < -0.3 is 10.1 Å². The number of halogens is 3. The highest BCUT2D eigenvalue weighted by molar-refractivity contribution is 7.92. The Morgan fingerprint density at radius 1 is 1.20 bits per heavy atom. The van der Waals surface area contributed by atoms with E-state index >= 15 is 0 Å². The number of ether oxygens (including phenoxy) is 1. The molecule has 1 N–H and O–H groups in total. The smallest absolute Gasteiger partial charge is 0.489 e. The number of alkyl halides is 3. The summed E-state index contributed by atoms with van der Waals surface area (Å²) in [5, 5.41) is 3.14. The molecule has 1 heterocycles. The van der Waals surface area contributed by atoms with E-state index < -0.39 is 20.2 Å². The summed E-state index contributed by atoms with van der Waals surface area (Å²) in [7, 11) is -5.29. The molecule has 1 aromatic carbocycles. The first kappa shape index (κ1) is 15.1. The van der Waals surface area contributed by atoms with Crippen molar-refractivity contribution >= 4 is 9.84 Å². The Balaban J connectivity index is 2.10. The van der Waals surface area contributed by atoms with Crippen LogP contribution in [0.5, 0.6) is 5.75 Å². The van der Waals surface area contributed by atoms with Gasteiger partial charge in [-0.1, -0.05) is 0 Å². The van der Waals surface area contributed by atoms with Gasteiger partial charge in [-0.15, -0.1) is 0 Å². The molecular formula is C12H14F3NO3S. The van der Waals surface area contributed by atoms with E-state index in [1.165, 1.54) is 12.1 Å². The van der Waals surface area contributed by atoms with Gasteiger partial charge in [0.25, 0.3) is 9.84 Å². The molecule has 1 atom stereocenters. The quantitative estimate of drug-likeness (QED) is 0.929. The molecular weight excluding hydrogens is 295 g/mol. The van der Waals surface area contributed by atoms with Gasteiger partial charge in [0.15, 0.2) is 0 Å². The van der Waals surface area contributed by atoms with Crippen LogP contribution in [-0.2, 0) is 9.84 Å². The average molecular weight is 309 g/mol. The molecule has 0 saturated carbocycles. The van der Waals surface area contributed by atoms with Gasteiger partial charge in [0.1, 0.15) is 11.9 Å². The standard InChI is InChI=1S/C12H14F3NO3S/c13-12(14,15)20(17,18)11-5-3-9(4-6-11)19-10-2-1-7-16-8-10/h3-6,10,16H,1-2,7-8H2/t10-/m0/s1. The first-order valence-corrected chi connectivity index (χ1v) is 7.58. The predicted octanol–water partition coefficient (Wildman–Crippen LogP) is 2.11. The molecule has 0 unspecified atom stereocenters. The van der Waals surface area contributed by atoms with E-state index in [1.54, 1.807) is 0 Å². The van der Waals surface area contributed by atoms with Crippen LogP contribution < -0.4 is 10.1 Å². The fourth-order valence-electron chi connectivity index (χ4n) is 1.94. The van der Waals surface area contributed by atoms with Crippen LogP contribution in [0.3, 0.4) is 0 Å². The van der Waals surface area contributed by atoms with E-state index in [0.29, 0.717) is 12.3 Å². The zero-order chi connectivity index (χ0) is 14.8. The highest BCUT2D eigenvalue weighted by Crippen LogP contribution is 2.31.